The third kappa shape index (κ3) is 3.73. The van der Waals surface area contributed by atoms with Gasteiger partial charge in [0, 0.05) is 0 Å². The van der Waals surface area contributed by atoms with E-state index in [4.69, 9.17) is 9.47 Å². The molecule has 0 aliphatic heterocycles. The van der Waals surface area contributed by atoms with Crippen molar-refractivity contribution in [3.63, 3.8) is 0 Å². The Bertz CT molecular complexity index is 416. The topological polar surface area (TPSA) is 35.5 Å². The predicted molar refractivity (Wildman–Crippen MR) is 74.7 cm³/mol. The first-order valence-corrected chi connectivity index (χ1v) is 6.69. The Morgan fingerprint density at radius 1 is 1.33 bits per heavy atom. The number of ether oxygens (including phenoxy) is 2. The van der Waals surface area contributed by atoms with Crippen LogP contribution in [-0.2, 0) is 16.0 Å². The molecule has 100 valence electrons. The van der Waals surface area contributed by atoms with E-state index in [2.05, 4.69) is 15.9 Å². The molecule has 0 aliphatic rings. The van der Waals surface area contributed by atoms with Gasteiger partial charge in [-0.3, -0.25) is 4.79 Å². The van der Waals surface area contributed by atoms with Gasteiger partial charge in [-0.05, 0) is 46.0 Å². The van der Waals surface area contributed by atoms with Crippen LogP contribution in [0.4, 0.5) is 0 Å². The van der Waals surface area contributed by atoms with Gasteiger partial charge in [-0.15, -0.1) is 0 Å². The van der Waals surface area contributed by atoms with Crippen LogP contribution in [0.3, 0.4) is 0 Å². The smallest absolute Gasteiger partial charge is 0.309 e. The van der Waals surface area contributed by atoms with Gasteiger partial charge in [0.1, 0.15) is 5.75 Å². The maximum atomic E-state index is 11.7. The van der Waals surface area contributed by atoms with Crippen LogP contribution >= 0.6 is 15.9 Å². The minimum absolute atomic E-state index is 0.115. The summed E-state index contributed by atoms with van der Waals surface area (Å²) in [5.41, 5.74) is 1.09. The minimum Gasteiger partial charge on any atom is -0.496 e. The molecule has 0 heterocycles. The van der Waals surface area contributed by atoms with Crippen LogP contribution in [0, 0.1) is 11.8 Å². The molecule has 1 rings (SSSR count). The molecule has 0 aromatic heterocycles. The highest BCUT2D eigenvalue weighted by Gasteiger charge is 2.23. The van der Waals surface area contributed by atoms with Crippen LogP contribution in [0.25, 0.3) is 0 Å². The number of carbonyl (C=O) groups is 1. The van der Waals surface area contributed by atoms with Gasteiger partial charge in [-0.1, -0.05) is 19.9 Å². The molecule has 0 bridgehead atoms. The van der Waals surface area contributed by atoms with Crippen molar-refractivity contribution in [1.29, 1.82) is 0 Å². The van der Waals surface area contributed by atoms with Gasteiger partial charge in [-0.25, -0.2) is 0 Å². The van der Waals surface area contributed by atoms with Gasteiger partial charge >= 0.3 is 5.97 Å². The van der Waals surface area contributed by atoms with E-state index in [0.29, 0.717) is 6.42 Å². The third-order valence-corrected chi connectivity index (χ3v) is 3.60. The normalized spacial score (nSPS) is 12.3. The Morgan fingerprint density at radius 3 is 2.44 bits per heavy atom. The van der Waals surface area contributed by atoms with Crippen molar-refractivity contribution in [2.24, 2.45) is 11.8 Å². The molecule has 0 N–H and O–H groups in total. The van der Waals surface area contributed by atoms with Crippen LogP contribution in [0.2, 0.25) is 0 Å². The first-order valence-electron chi connectivity index (χ1n) is 5.89. The molecule has 3 nitrogen and oxygen atoms in total. The molecule has 4 heteroatoms. The highest BCUT2D eigenvalue weighted by molar-refractivity contribution is 9.10. The SMILES string of the molecule is COC(=O)C(Cc1ccc(OC)c(Br)c1)C(C)C. The predicted octanol–water partition coefficient (Wildman–Crippen LogP) is 3.45. The number of carbonyl (C=O) groups excluding carboxylic acids is 1. The lowest BCUT2D eigenvalue weighted by Crippen LogP contribution is -2.23. The summed E-state index contributed by atoms with van der Waals surface area (Å²) in [7, 11) is 3.06. The molecule has 0 spiro atoms. The number of hydrogen-bond acceptors (Lipinski definition) is 3. The number of benzene rings is 1. The van der Waals surface area contributed by atoms with Crippen molar-refractivity contribution in [3.8, 4) is 5.75 Å². The fourth-order valence-corrected chi connectivity index (χ4v) is 2.42. The molecule has 1 atom stereocenters. The maximum Gasteiger partial charge on any atom is 0.309 e. The molecule has 0 radical (unpaired) electrons. The zero-order chi connectivity index (χ0) is 13.7. The van der Waals surface area contributed by atoms with E-state index in [-0.39, 0.29) is 17.8 Å². The Morgan fingerprint density at radius 2 is 2.00 bits per heavy atom. The highest BCUT2D eigenvalue weighted by atomic mass is 79.9. The fraction of sp³-hybridized carbons (Fsp3) is 0.500. The first-order chi connectivity index (χ1) is 8.49. The van der Waals surface area contributed by atoms with Crippen molar-refractivity contribution in [3.05, 3.63) is 28.2 Å². The molecular weight excluding hydrogens is 296 g/mol. The molecule has 0 saturated heterocycles. The molecule has 0 aliphatic carbocycles. The second-order valence-electron chi connectivity index (χ2n) is 4.55. The third-order valence-electron chi connectivity index (χ3n) is 2.98. The summed E-state index contributed by atoms with van der Waals surface area (Å²) < 4.78 is 10.9. The van der Waals surface area contributed by atoms with E-state index in [9.17, 15) is 4.79 Å². The van der Waals surface area contributed by atoms with Crippen molar-refractivity contribution >= 4 is 21.9 Å². The number of esters is 1. The van der Waals surface area contributed by atoms with Gasteiger partial charge in [0.2, 0.25) is 0 Å². The number of halogens is 1. The van der Waals surface area contributed by atoms with Crippen molar-refractivity contribution in [2.75, 3.05) is 14.2 Å². The molecule has 0 saturated carbocycles. The van der Waals surface area contributed by atoms with E-state index < -0.39 is 0 Å². The zero-order valence-electron chi connectivity index (χ0n) is 11.2. The van der Waals surface area contributed by atoms with Crippen LogP contribution in [0.5, 0.6) is 5.75 Å². The van der Waals surface area contributed by atoms with Gasteiger partial charge in [0.25, 0.3) is 0 Å². The first kappa shape index (κ1) is 15.0. The summed E-state index contributed by atoms with van der Waals surface area (Å²) in [5, 5.41) is 0. The molecule has 1 aromatic carbocycles. The van der Waals surface area contributed by atoms with Crippen LogP contribution < -0.4 is 4.74 Å². The lowest BCUT2D eigenvalue weighted by molar-refractivity contribution is -0.146. The van der Waals surface area contributed by atoms with Crippen molar-refractivity contribution < 1.29 is 14.3 Å². The largest absolute Gasteiger partial charge is 0.496 e. The van der Waals surface area contributed by atoms with E-state index in [1.807, 2.05) is 32.0 Å². The van der Waals surface area contributed by atoms with E-state index >= 15 is 0 Å². The highest BCUT2D eigenvalue weighted by Crippen LogP contribution is 2.28. The second-order valence-corrected chi connectivity index (χ2v) is 5.40. The van der Waals surface area contributed by atoms with Crippen molar-refractivity contribution in [1.82, 2.24) is 0 Å². The van der Waals surface area contributed by atoms with Gasteiger partial charge in [-0.2, -0.15) is 0 Å². The number of methoxy groups -OCH3 is 2. The zero-order valence-corrected chi connectivity index (χ0v) is 12.8. The summed E-state index contributed by atoms with van der Waals surface area (Å²) >= 11 is 3.45. The maximum absolute atomic E-state index is 11.7. The lowest BCUT2D eigenvalue weighted by atomic mass is 9.89. The van der Waals surface area contributed by atoms with Crippen LogP contribution in [0.1, 0.15) is 19.4 Å². The Balaban J connectivity index is 2.87. The monoisotopic (exact) mass is 314 g/mol. The summed E-state index contributed by atoms with van der Waals surface area (Å²) in [4.78, 5) is 11.7. The average molecular weight is 315 g/mol. The van der Waals surface area contributed by atoms with E-state index in [0.717, 1.165) is 15.8 Å². The molecule has 0 amide bonds. The van der Waals surface area contributed by atoms with Crippen LogP contribution in [-0.4, -0.2) is 20.2 Å². The molecular formula is C14H19BrO3. The minimum atomic E-state index is -0.156. The Labute approximate surface area is 117 Å². The van der Waals surface area contributed by atoms with Gasteiger partial charge < -0.3 is 9.47 Å². The van der Waals surface area contributed by atoms with Crippen molar-refractivity contribution in [2.45, 2.75) is 20.3 Å². The molecule has 1 unspecified atom stereocenters. The molecule has 1 aromatic rings. The van der Waals surface area contributed by atoms with Gasteiger partial charge in [0.15, 0.2) is 0 Å². The number of rotatable bonds is 5. The molecule has 18 heavy (non-hydrogen) atoms. The van der Waals surface area contributed by atoms with E-state index in [1.54, 1.807) is 7.11 Å². The van der Waals surface area contributed by atoms with Gasteiger partial charge in [0.05, 0.1) is 24.6 Å². The van der Waals surface area contributed by atoms with E-state index in [1.165, 1.54) is 7.11 Å². The summed E-state index contributed by atoms with van der Waals surface area (Å²) in [6.07, 6.45) is 0.674. The quantitative estimate of drug-likeness (QED) is 0.781. The lowest BCUT2D eigenvalue weighted by Gasteiger charge is -2.18. The summed E-state index contributed by atoms with van der Waals surface area (Å²) in [6, 6.07) is 5.85. The standard InChI is InChI=1S/C14H19BrO3/c1-9(2)11(14(16)18-4)7-10-5-6-13(17-3)12(15)8-10/h5-6,8-9,11H,7H2,1-4H3. The molecule has 0 fully saturated rings. The Kier molecular flexibility index (Phi) is 5.66. The average Bonchev–Trinajstić information content (AvgIpc) is 2.35. The Hall–Kier alpha value is -1.03. The van der Waals surface area contributed by atoms with Crippen LogP contribution in [0.15, 0.2) is 22.7 Å². The summed E-state index contributed by atoms with van der Waals surface area (Å²) in [5.74, 6) is 0.767. The number of hydrogen-bond donors (Lipinski definition) is 0. The second kappa shape index (κ2) is 6.78. The fourth-order valence-electron chi connectivity index (χ4n) is 1.83. The summed E-state index contributed by atoms with van der Waals surface area (Å²) in [6.45, 7) is 4.06.